The maximum absolute atomic E-state index is 13.4. The Bertz CT molecular complexity index is 621. The third kappa shape index (κ3) is 3.23. The van der Waals surface area contributed by atoms with Gasteiger partial charge < -0.3 is 10.2 Å². The number of rotatable bonds is 5. The largest absolute Gasteiger partial charge is 0.336 e. The van der Waals surface area contributed by atoms with Crippen LogP contribution in [0.3, 0.4) is 0 Å². The van der Waals surface area contributed by atoms with Gasteiger partial charge in [0.2, 0.25) is 10.0 Å². The highest BCUT2D eigenvalue weighted by Crippen LogP contribution is 2.15. The molecule has 1 fully saturated rings. The molecule has 9 heteroatoms. The highest BCUT2D eigenvalue weighted by atomic mass is 32.2. The van der Waals surface area contributed by atoms with Gasteiger partial charge in [-0.15, -0.1) is 0 Å². The van der Waals surface area contributed by atoms with E-state index >= 15 is 0 Å². The maximum atomic E-state index is 13.4. The highest BCUT2D eigenvalue weighted by Gasteiger charge is 2.22. The standard InChI is InChI=1S/C11H13F2N3O3S/c12-8-1-2-10(9(13)7-8)20(18,19)15-4-6-16-5-3-14-11(16)17/h1-2,7,15H,3-6H2,(H,14,17). The van der Waals surface area contributed by atoms with E-state index in [0.29, 0.717) is 19.2 Å². The molecule has 0 unspecified atom stereocenters. The number of nitrogens with one attached hydrogen (secondary N) is 2. The van der Waals surface area contributed by atoms with Crippen molar-refractivity contribution in [3.8, 4) is 0 Å². The van der Waals surface area contributed by atoms with Crippen LogP contribution in [0.4, 0.5) is 13.6 Å². The Kier molecular flexibility index (Phi) is 4.19. The summed E-state index contributed by atoms with van der Waals surface area (Å²) in [6.07, 6.45) is 0. The molecule has 1 aromatic carbocycles. The van der Waals surface area contributed by atoms with Crippen LogP contribution in [0, 0.1) is 11.6 Å². The summed E-state index contributed by atoms with van der Waals surface area (Å²) in [6, 6.07) is 1.96. The van der Waals surface area contributed by atoms with E-state index in [1.165, 1.54) is 4.90 Å². The third-order valence-electron chi connectivity index (χ3n) is 2.80. The predicted octanol–water partition coefficient (Wildman–Crippen LogP) is 0.268. The van der Waals surface area contributed by atoms with Crippen molar-refractivity contribution in [1.29, 1.82) is 0 Å². The normalized spacial score (nSPS) is 15.5. The van der Waals surface area contributed by atoms with Crippen LogP contribution in [0.25, 0.3) is 0 Å². The summed E-state index contributed by atoms with van der Waals surface area (Å²) in [7, 11) is -4.07. The Morgan fingerprint density at radius 1 is 1.35 bits per heavy atom. The average molecular weight is 305 g/mol. The lowest BCUT2D eigenvalue weighted by molar-refractivity contribution is 0.218. The summed E-state index contributed by atoms with van der Waals surface area (Å²) in [5, 5.41) is 2.57. The number of halogens is 2. The second-order valence-corrected chi connectivity index (χ2v) is 5.93. The fraction of sp³-hybridized carbons (Fsp3) is 0.364. The zero-order chi connectivity index (χ0) is 14.8. The number of carbonyl (C=O) groups is 1. The molecule has 20 heavy (non-hydrogen) atoms. The van der Waals surface area contributed by atoms with Crippen LogP contribution in [0.1, 0.15) is 0 Å². The molecule has 0 bridgehead atoms. The monoisotopic (exact) mass is 305 g/mol. The molecule has 2 rings (SSSR count). The van der Waals surface area contributed by atoms with Gasteiger partial charge in [-0.25, -0.2) is 26.7 Å². The van der Waals surface area contributed by atoms with Gasteiger partial charge in [-0.3, -0.25) is 0 Å². The van der Waals surface area contributed by atoms with Crippen LogP contribution in [-0.2, 0) is 10.0 Å². The fourth-order valence-electron chi connectivity index (χ4n) is 1.81. The molecule has 0 aromatic heterocycles. The van der Waals surface area contributed by atoms with E-state index in [2.05, 4.69) is 10.0 Å². The Morgan fingerprint density at radius 2 is 2.10 bits per heavy atom. The van der Waals surface area contributed by atoms with Gasteiger partial charge in [-0.2, -0.15) is 0 Å². The van der Waals surface area contributed by atoms with Crippen molar-refractivity contribution in [3.05, 3.63) is 29.8 Å². The van der Waals surface area contributed by atoms with E-state index in [9.17, 15) is 22.0 Å². The molecule has 6 nitrogen and oxygen atoms in total. The van der Waals surface area contributed by atoms with Gasteiger partial charge >= 0.3 is 6.03 Å². The molecule has 2 N–H and O–H groups in total. The third-order valence-corrected chi connectivity index (χ3v) is 4.30. The molecule has 1 saturated heterocycles. The van der Waals surface area contributed by atoms with Crippen LogP contribution < -0.4 is 10.0 Å². The molecule has 2 amide bonds. The van der Waals surface area contributed by atoms with Crippen LogP contribution in [0.5, 0.6) is 0 Å². The van der Waals surface area contributed by atoms with Gasteiger partial charge in [-0.1, -0.05) is 0 Å². The van der Waals surface area contributed by atoms with E-state index in [-0.39, 0.29) is 19.1 Å². The molecule has 0 aliphatic carbocycles. The number of hydrogen-bond acceptors (Lipinski definition) is 3. The fourth-order valence-corrected chi connectivity index (χ4v) is 2.89. The first-order valence-corrected chi connectivity index (χ1v) is 7.36. The summed E-state index contributed by atoms with van der Waals surface area (Å²) in [4.78, 5) is 12.0. The number of benzene rings is 1. The lowest BCUT2D eigenvalue weighted by atomic mass is 10.3. The first kappa shape index (κ1) is 14.7. The minimum Gasteiger partial charge on any atom is -0.336 e. The van der Waals surface area contributed by atoms with Gasteiger partial charge in [0.15, 0.2) is 0 Å². The van der Waals surface area contributed by atoms with Crippen molar-refractivity contribution in [2.75, 3.05) is 26.2 Å². The van der Waals surface area contributed by atoms with Crippen molar-refractivity contribution in [2.24, 2.45) is 0 Å². The summed E-state index contributed by atoms with van der Waals surface area (Å²) >= 11 is 0. The molecule has 0 saturated carbocycles. The maximum Gasteiger partial charge on any atom is 0.317 e. The molecular weight excluding hydrogens is 292 g/mol. The topological polar surface area (TPSA) is 78.5 Å². The molecule has 1 aromatic rings. The first-order chi connectivity index (χ1) is 9.40. The van der Waals surface area contributed by atoms with Gasteiger partial charge in [0.1, 0.15) is 16.5 Å². The molecule has 1 aliphatic heterocycles. The molecular formula is C11H13F2N3O3S. The van der Waals surface area contributed by atoms with Gasteiger partial charge in [-0.05, 0) is 12.1 Å². The van der Waals surface area contributed by atoms with E-state index < -0.39 is 26.6 Å². The summed E-state index contributed by atoms with van der Waals surface area (Å²) in [5.41, 5.74) is 0. The first-order valence-electron chi connectivity index (χ1n) is 5.87. The highest BCUT2D eigenvalue weighted by molar-refractivity contribution is 7.89. The van der Waals surface area contributed by atoms with Crippen LogP contribution >= 0.6 is 0 Å². The van der Waals surface area contributed by atoms with Gasteiger partial charge in [0, 0.05) is 32.2 Å². The Labute approximate surface area is 114 Å². The predicted molar refractivity (Wildman–Crippen MR) is 66.5 cm³/mol. The van der Waals surface area contributed by atoms with Crippen molar-refractivity contribution in [2.45, 2.75) is 4.90 Å². The molecule has 0 spiro atoms. The molecule has 0 atom stereocenters. The van der Waals surface area contributed by atoms with E-state index in [0.717, 1.165) is 12.1 Å². The Balaban J connectivity index is 1.98. The Morgan fingerprint density at radius 3 is 2.70 bits per heavy atom. The number of sulfonamides is 1. The zero-order valence-electron chi connectivity index (χ0n) is 10.4. The summed E-state index contributed by atoms with van der Waals surface area (Å²) in [5.74, 6) is -2.01. The van der Waals surface area contributed by atoms with Crippen molar-refractivity contribution in [3.63, 3.8) is 0 Å². The van der Waals surface area contributed by atoms with Crippen molar-refractivity contribution in [1.82, 2.24) is 14.9 Å². The summed E-state index contributed by atoms with van der Waals surface area (Å²) < 4.78 is 52.0. The number of amides is 2. The van der Waals surface area contributed by atoms with Gasteiger partial charge in [0.25, 0.3) is 0 Å². The van der Waals surface area contributed by atoms with Crippen LogP contribution in [-0.4, -0.2) is 45.5 Å². The van der Waals surface area contributed by atoms with Crippen molar-refractivity contribution < 1.29 is 22.0 Å². The number of nitrogens with zero attached hydrogens (tertiary/aromatic N) is 1. The average Bonchev–Trinajstić information content (AvgIpc) is 2.74. The molecule has 110 valence electrons. The molecule has 1 aliphatic rings. The quantitative estimate of drug-likeness (QED) is 0.819. The summed E-state index contributed by atoms with van der Waals surface area (Å²) in [6.45, 7) is 1.13. The zero-order valence-corrected chi connectivity index (χ0v) is 11.2. The van der Waals surface area contributed by atoms with Crippen LogP contribution in [0.15, 0.2) is 23.1 Å². The SMILES string of the molecule is O=C1NCCN1CCNS(=O)(=O)c1ccc(F)cc1F. The number of urea groups is 1. The van der Waals surface area contributed by atoms with E-state index in [1.54, 1.807) is 0 Å². The Hall–Kier alpha value is -1.74. The van der Waals surface area contributed by atoms with Gasteiger partial charge in [0.05, 0.1) is 0 Å². The molecule has 1 heterocycles. The van der Waals surface area contributed by atoms with Crippen molar-refractivity contribution >= 4 is 16.1 Å². The minimum atomic E-state index is -4.07. The lowest BCUT2D eigenvalue weighted by Crippen LogP contribution is -2.37. The minimum absolute atomic E-state index is 0.0490. The van der Waals surface area contributed by atoms with E-state index in [1.807, 2.05) is 0 Å². The smallest absolute Gasteiger partial charge is 0.317 e. The second-order valence-electron chi connectivity index (χ2n) is 4.19. The second kappa shape index (κ2) is 5.71. The lowest BCUT2D eigenvalue weighted by Gasteiger charge is -2.14. The molecule has 0 radical (unpaired) electrons. The van der Waals surface area contributed by atoms with Crippen LogP contribution in [0.2, 0.25) is 0 Å². The number of carbonyl (C=O) groups excluding carboxylic acids is 1. The number of hydrogen-bond donors (Lipinski definition) is 2. The van der Waals surface area contributed by atoms with E-state index in [4.69, 9.17) is 0 Å².